The van der Waals surface area contributed by atoms with E-state index in [1.165, 1.54) is 21.8 Å². The summed E-state index contributed by atoms with van der Waals surface area (Å²) in [6.45, 7) is 4.17. The molecule has 102 valence electrons. The van der Waals surface area contributed by atoms with Gasteiger partial charge in [0.2, 0.25) is 0 Å². The van der Waals surface area contributed by atoms with E-state index in [0.717, 1.165) is 12.8 Å². The molecule has 0 fully saturated rings. The van der Waals surface area contributed by atoms with Crippen molar-refractivity contribution in [1.29, 1.82) is 5.26 Å². The Morgan fingerprint density at radius 1 is 1.40 bits per heavy atom. The number of aryl methyl sites for hydroxylation is 2. The lowest BCUT2D eigenvalue weighted by Crippen LogP contribution is -2.10. The van der Waals surface area contributed by atoms with Gasteiger partial charge in [-0.2, -0.15) is 5.26 Å². The monoisotopic (exact) mass is 284 g/mol. The second-order valence-electron chi connectivity index (χ2n) is 4.59. The third-order valence-electron chi connectivity index (χ3n) is 3.01. The molecule has 2 rings (SSSR count). The van der Waals surface area contributed by atoms with Gasteiger partial charge in [0.05, 0.1) is 16.5 Å². The molecule has 0 spiro atoms. The Morgan fingerprint density at radius 3 is 2.90 bits per heavy atom. The first-order chi connectivity index (χ1) is 9.63. The molecule has 3 nitrogen and oxygen atoms in total. The van der Waals surface area contributed by atoms with Gasteiger partial charge in [0, 0.05) is 10.6 Å². The fourth-order valence-electron chi connectivity index (χ4n) is 2.01. The number of carbonyl (C=O) groups is 1. The van der Waals surface area contributed by atoms with E-state index < -0.39 is 0 Å². The van der Waals surface area contributed by atoms with Crippen molar-refractivity contribution < 1.29 is 4.79 Å². The highest BCUT2D eigenvalue weighted by atomic mass is 32.1. The maximum Gasteiger partial charge on any atom is 0.265 e. The third-order valence-corrected chi connectivity index (χ3v) is 4.10. The van der Waals surface area contributed by atoms with Crippen LogP contribution < -0.4 is 5.32 Å². The number of amides is 1. The second-order valence-corrected chi connectivity index (χ2v) is 5.85. The smallest absolute Gasteiger partial charge is 0.265 e. The molecule has 1 aromatic carbocycles. The van der Waals surface area contributed by atoms with Crippen molar-refractivity contribution in [3.05, 3.63) is 51.2 Å². The van der Waals surface area contributed by atoms with Crippen LogP contribution in [-0.2, 0) is 6.42 Å². The van der Waals surface area contributed by atoms with Crippen molar-refractivity contribution in [2.75, 3.05) is 5.32 Å². The van der Waals surface area contributed by atoms with E-state index >= 15 is 0 Å². The number of hydrogen-bond donors (Lipinski definition) is 1. The molecule has 0 bridgehead atoms. The van der Waals surface area contributed by atoms with E-state index in [9.17, 15) is 4.79 Å². The van der Waals surface area contributed by atoms with Crippen molar-refractivity contribution in [3.63, 3.8) is 0 Å². The molecule has 0 atom stereocenters. The number of carbonyl (C=O) groups excluding carboxylic acids is 1. The number of anilines is 1. The molecule has 20 heavy (non-hydrogen) atoms. The molecule has 0 aliphatic heterocycles. The van der Waals surface area contributed by atoms with Gasteiger partial charge in [-0.3, -0.25) is 4.79 Å². The Bertz CT molecular complexity index is 667. The molecule has 2 aromatic rings. The molecule has 0 radical (unpaired) electrons. The predicted molar refractivity (Wildman–Crippen MR) is 82.2 cm³/mol. The predicted octanol–water partition coefficient (Wildman–Crippen LogP) is 4.13. The lowest BCUT2D eigenvalue weighted by Gasteiger charge is -2.03. The van der Waals surface area contributed by atoms with Crippen LogP contribution in [0.15, 0.2) is 30.3 Å². The number of rotatable bonds is 4. The number of thiophene rings is 1. The van der Waals surface area contributed by atoms with Gasteiger partial charge >= 0.3 is 0 Å². The van der Waals surface area contributed by atoms with Crippen molar-refractivity contribution in [3.8, 4) is 6.07 Å². The van der Waals surface area contributed by atoms with Gasteiger partial charge in [0.1, 0.15) is 0 Å². The number of nitriles is 1. The fourth-order valence-corrected chi connectivity index (χ4v) is 2.98. The molecular weight excluding hydrogens is 268 g/mol. The van der Waals surface area contributed by atoms with Crippen molar-refractivity contribution in [1.82, 2.24) is 0 Å². The van der Waals surface area contributed by atoms with E-state index in [-0.39, 0.29) is 5.91 Å². The lowest BCUT2D eigenvalue weighted by molar-refractivity contribution is 0.103. The van der Waals surface area contributed by atoms with Gasteiger partial charge in [-0.05, 0) is 43.2 Å². The molecule has 0 aliphatic carbocycles. The van der Waals surface area contributed by atoms with Crippen LogP contribution in [0, 0.1) is 18.3 Å². The Morgan fingerprint density at radius 2 is 2.20 bits per heavy atom. The van der Waals surface area contributed by atoms with Crippen molar-refractivity contribution in [2.45, 2.75) is 26.7 Å². The number of nitrogens with zero attached hydrogens (tertiary/aromatic N) is 1. The zero-order chi connectivity index (χ0) is 14.5. The molecule has 0 saturated carbocycles. The maximum atomic E-state index is 12.2. The molecule has 1 amide bonds. The Hall–Kier alpha value is -2.12. The first-order valence-electron chi connectivity index (χ1n) is 6.55. The molecule has 0 aliphatic rings. The summed E-state index contributed by atoms with van der Waals surface area (Å²) >= 11 is 1.51. The zero-order valence-electron chi connectivity index (χ0n) is 11.6. The number of nitrogens with one attached hydrogen (secondary N) is 1. The van der Waals surface area contributed by atoms with E-state index in [2.05, 4.69) is 18.3 Å². The number of hydrogen-bond acceptors (Lipinski definition) is 3. The molecule has 1 N–H and O–H groups in total. The molecule has 0 unspecified atom stereocenters. The fraction of sp³-hybridized carbons (Fsp3) is 0.250. The summed E-state index contributed by atoms with van der Waals surface area (Å²) in [6.07, 6.45) is 2.07. The Labute approximate surface area is 122 Å². The summed E-state index contributed by atoms with van der Waals surface area (Å²) < 4.78 is 0. The highest BCUT2D eigenvalue weighted by Gasteiger charge is 2.12. The van der Waals surface area contributed by atoms with Gasteiger partial charge < -0.3 is 5.32 Å². The van der Waals surface area contributed by atoms with Gasteiger partial charge in [0.15, 0.2) is 0 Å². The van der Waals surface area contributed by atoms with Gasteiger partial charge in [-0.1, -0.05) is 19.4 Å². The summed E-state index contributed by atoms with van der Waals surface area (Å²) in [4.78, 5) is 14.1. The quantitative estimate of drug-likeness (QED) is 0.917. The van der Waals surface area contributed by atoms with Crippen LogP contribution in [0.25, 0.3) is 0 Å². The van der Waals surface area contributed by atoms with E-state index in [4.69, 9.17) is 5.26 Å². The average Bonchev–Trinajstić information content (AvgIpc) is 2.81. The largest absolute Gasteiger partial charge is 0.321 e. The van der Waals surface area contributed by atoms with E-state index in [1.54, 1.807) is 24.3 Å². The van der Waals surface area contributed by atoms with Crippen LogP contribution in [-0.4, -0.2) is 5.91 Å². The summed E-state index contributed by atoms with van der Waals surface area (Å²) in [5.41, 5.74) is 2.43. The normalized spacial score (nSPS) is 10.1. The minimum Gasteiger partial charge on any atom is -0.321 e. The van der Waals surface area contributed by atoms with Crippen LogP contribution in [0.3, 0.4) is 0 Å². The summed E-state index contributed by atoms with van der Waals surface area (Å²) in [5, 5.41) is 11.7. The Kier molecular flexibility index (Phi) is 4.54. The number of benzene rings is 1. The molecule has 1 aromatic heterocycles. The molecule has 0 saturated heterocycles. The van der Waals surface area contributed by atoms with Crippen LogP contribution in [0.2, 0.25) is 0 Å². The highest BCUT2D eigenvalue weighted by Crippen LogP contribution is 2.24. The topological polar surface area (TPSA) is 52.9 Å². The molecule has 1 heterocycles. The summed E-state index contributed by atoms with van der Waals surface area (Å²) in [6, 6.07) is 11.0. The Balaban J connectivity index is 2.15. The van der Waals surface area contributed by atoms with Crippen LogP contribution >= 0.6 is 11.3 Å². The first-order valence-corrected chi connectivity index (χ1v) is 7.36. The van der Waals surface area contributed by atoms with Crippen molar-refractivity contribution >= 4 is 22.9 Å². The minimum atomic E-state index is -0.115. The van der Waals surface area contributed by atoms with E-state index in [0.29, 0.717) is 16.1 Å². The third kappa shape index (κ3) is 3.25. The lowest BCUT2D eigenvalue weighted by atomic mass is 10.1. The first kappa shape index (κ1) is 14.3. The highest BCUT2D eigenvalue weighted by molar-refractivity contribution is 7.14. The van der Waals surface area contributed by atoms with Crippen LogP contribution in [0.5, 0.6) is 0 Å². The summed E-state index contributed by atoms with van der Waals surface area (Å²) in [7, 11) is 0. The van der Waals surface area contributed by atoms with Gasteiger partial charge in [-0.25, -0.2) is 0 Å². The minimum absolute atomic E-state index is 0.115. The average molecular weight is 284 g/mol. The zero-order valence-corrected chi connectivity index (χ0v) is 12.4. The molecule has 4 heteroatoms. The van der Waals surface area contributed by atoms with Crippen molar-refractivity contribution in [2.24, 2.45) is 0 Å². The van der Waals surface area contributed by atoms with Gasteiger partial charge in [-0.15, -0.1) is 11.3 Å². The second kappa shape index (κ2) is 6.36. The SMILES string of the molecule is CCCc1cc(C(=O)Nc2cccc(C#N)c2)sc1C. The van der Waals surface area contributed by atoms with Crippen LogP contribution in [0.4, 0.5) is 5.69 Å². The molecular formula is C16H16N2OS. The van der Waals surface area contributed by atoms with E-state index in [1.807, 2.05) is 13.0 Å². The maximum absolute atomic E-state index is 12.2. The van der Waals surface area contributed by atoms with Crippen LogP contribution in [0.1, 0.15) is 39.0 Å². The van der Waals surface area contributed by atoms with Gasteiger partial charge in [0.25, 0.3) is 5.91 Å². The standard InChI is InChI=1S/C16H16N2OS/c1-3-5-13-9-15(20-11(13)2)16(19)18-14-7-4-6-12(8-14)10-17/h4,6-9H,3,5H2,1-2H3,(H,18,19). The summed E-state index contributed by atoms with van der Waals surface area (Å²) in [5.74, 6) is -0.115.